The Morgan fingerprint density at radius 3 is 2.74 bits per heavy atom. The summed E-state index contributed by atoms with van der Waals surface area (Å²) in [4.78, 5) is 0. The molecule has 0 atom stereocenters. The summed E-state index contributed by atoms with van der Waals surface area (Å²) in [6.45, 7) is 0.529. The van der Waals surface area contributed by atoms with Crippen LogP contribution in [0.1, 0.15) is 11.1 Å². The number of nitriles is 1. The molecule has 0 unspecified atom stereocenters. The first kappa shape index (κ1) is 13.6. The van der Waals surface area contributed by atoms with Crippen molar-refractivity contribution in [3.05, 3.63) is 58.1 Å². The summed E-state index contributed by atoms with van der Waals surface area (Å²) in [5.41, 5.74) is 3.39. The Kier molecular flexibility index (Phi) is 4.56. The molecule has 4 heteroatoms. The molecular weight excluding hydrogens is 304 g/mol. The smallest absolute Gasteiger partial charge is 0.101 e. The Bertz CT molecular complexity index is 620. The fraction of sp³-hybridized carbons (Fsp3) is 0.133. The van der Waals surface area contributed by atoms with Crippen LogP contribution in [0.15, 0.2) is 46.9 Å². The monoisotopic (exact) mass is 316 g/mol. The van der Waals surface area contributed by atoms with Crippen LogP contribution < -0.4 is 5.32 Å². The number of halogens is 1. The van der Waals surface area contributed by atoms with Crippen LogP contribution in [0.25, 0.3) is 0 Å². The van der Waals surface area contributed by atoms with E-state index in [0.29, 0.717) is 12.2 Å². The molecule has 0 spiro atoms. The van der Waals surface area contributed by atoms with Gasteiger partial charge in [0.25, 0.3) is 0 Å². The second kappa shape index (κ2) is 6.37. The number of anilines is 2. The van der Waals surface area contributed by atoms with E-state index >= 15 is 0 Å². The highest BCUT2D eigenvalue weighted by molar-refractivity contribution is 9.10. The van der Waals surface area contributed by atoms with Crippen LogP contribution in [0.2, 0.25) is 0 Å². The molecule has 3 nitrogen and oxygen atoms in total. The molecule has 96 valence electrons. The normalized spacial score (nSPS) is 9.95. The average molecular weight is 317 g/mol. The van der Waals surface area contributed by atoms with Gasteiger partial charge in [0.2, 0.25) is 0 Å². The zero-order valence-electron chi connectivity index (χ0n) is 10.5. The Balaban J connectivity index is 2.34. The van der Waals surface area contributed by atoms with Crippen LogP contribution in [0.4, 0.5) is 11.4 Å². The van der Waals surface area contributed by atoms with Gasteiger partial charge < -0.3 is 10.1 Å². The zero-order valence-corrected chi connectivity index (χ0v) is 12.1. The predicted octanol–water partition coefficient (Wildman–Crippen LogP) is 4.21. The molecule has 0 heterocycles. The van der Waals surface area contributed by atoms with E-state index < -0.39 is 0 Å². The zero-order chi connectivity index (χ0) is 13.7. The molecule has 2 rings (SSSR count). The molecule has 0 bridgehead atoms. The second-order valence-electron chi connectivity index (χ2n) is 4.02. The van der Waals surface area contributed by atoms with Crippen LogP contribution in [0, 0.1) is 11.3 Å². The molecule has 0 saturated heterocycles. The quantitative estimate of drug-likeness (QED) is 0.919. The van der Waals surface area contributed by atoms with Gasteiger partial charge in [-0.2, -0.15) is 5.26 Å². The number of hydrogen-bond donors (Lipinski definition) is 1. The van der Waals surface area contributed by atoms with Crippen molar-refractivity contribution in [1.29, 1.82) is 5.26 Å². The van der Waals surface area contributed by atoms with Gasteiger partial charge in [-0.3, -0.25) is 0 Å². The van der Waals surface area contributed by atoms with Crippen LogP contribution in [0.3, 0.4) is 0 Å². The van der Waals surface area contributed by atoms with Gasteiger partial charge in [0, 0.05) is 22.8 Å². The summed E-state index contributed by atoms with van der Waals surface area (Å²) >= 11 is 3.36. The van der Waals surface area contributed by atoms with Gasteiger partial charge in [-0.15, -0.1) is 0 Å². The molecule has 0 saturated carbocycles. The third-order valence-electron chi connectivity index (χ3n) is 2.69. The van der Waals surface area contributed by atoms with Crippen molar-refractivity contribution < 1.29 is 4.74 Å². The van der Waals surface area contributed by atoms with E-state index in [2.05, 4.69) is 27.3 Å². The summed E-state index contributed by atoms with van der Waals surface area (Å²) in [5, 5.41) is 12.4. The van der Waals surface area contributed by atoms with Crippen molar-refractivity contribution in [3.63, 3.8) is 0 Å². The van der Waals surface area contributed by atoms with Crippen LogP contribution >= 0.6 is 15.9 Å². The summed E-state index contributed by atoms with van der Waals surface area (Å²) in [5.74, 6) is 0. The summed E-state index contributed by atoms with van der Waals surface area (Å²) in [7, 11) is 1.66. The van der Waals surface area contributed by atoms with Crippen LogP contribution in [0.5, 0.6) is 0 Å². The summed E-state index contributed by atoms with van der Waals surface area (Å²) in [6.07, 6.45) is 0. The molecule has 0 radical (unpaired) electrons. The molecular formula is C15H13BrN2O. The van der Waals surface area contributed by atoms with E-state index in [9.17, 15) is 0 Å². The van der Waals surface area contributed by atoms with E-state index in [1.165, 1.54) is 0 Å². The summed E-state index contributed by atoms with van der Waals surface area (Å²) < 4.78 is 6.06. The maximum Gasteiger partial charge on any atom is 0.101 e. The SMILES string of the molecule is COCc1ccccc1Nc1ccc(Br)cc1C#N. The van der Waals surface area contributed by atoms with Gasteiger partial charge >= 0.3 is 0 Å². The number of para-hydroxylation sites is 1. The lowest BCUT2D eigenvalue weighted by Gasteiger charge is -2.12. The number of benzene rings is 2. The van der Waals surface area contributed by atoms with Gasteiger partial charge in [0.15, 0.2) is 0 Å². The fourth-order valence-corrected chi connectivity index (χ4v) is 2.15. The van der Waals surface area contributed by atoms with Gasteiger partial charge in [-0.05, 0) is 24.3 Å². The average Bonchev–Trinajstić information content (AvgIpc) is 2.43. The molecule has 19 heavy (non-hydrogen) atoms. The van der Waals surface area contributed by atoms with Gasteiger partial charge in [0.05, 0.1) is 17.9 Å². The molecule has 0 fully saturated rings. The number of ether oxygens (including phenoxy) is 1. The van der Waals surface area contributed by atoms with E-state index in [1.807, 2.05) is 36.4 Å². The lowest BCUT2D eigenvalue weighted by atomic mass is 10.1. The fourth-order valence-electron chi connectivity index (χ4n) is 1.79. The number of nitrogens with zero attached hydrogens (tertiary/aromatic N) is 1. The Morgan fingerprint density at radius 2 is 2.00 bits per heavy atom. The molecule has 0 aliphatic rings. The van der Waals surface area contributed by atoms with Crippen LogP contribution in [-0.2, 0) is 11.3 Å². The van der Waals surface area contributed by atoms with Crippen LogP contribution in [-0.4, -0.2) is 7.11 Å². The first-order valence-corrected chi connectivity index (χ1v) is 6.57. The van der Waals surface area contributed by atoms with Gasteiger partial charge in [-0.1, -0.05) is 34.1 Å². The number of methoxy groups -OCH3 is 1. The minimum absolute atomic E-state index is 0.529. The lowest BCUT2D eigenvalue weighted by molar-refractivity contribution is 0.185. The third-order valence-corrected chi connectivity index (χ3v) is 3.18. The molecule has 2 aromatic carbocycles. The Hall–Kier alpha value is -1.83. The van der Waals surface area contributed by atoms with Crippen molar-refractivity contribution in [1.82, 2.24) is 0 Å². The largest absolute Gasteiger partial charge is 0.380 e. The lowest BCUT2D eigenvalue weighted by Crippen LogP contribution is -1.99. The topological polar surface area (TPSA) is 45.0 Å². The second-order valence-corrected chi connectivity index (χ2v) is 4.93. The molecule has 1 N–H and O–H groups in total. The predicted molar refractivity (Wildman–Crippen MR) is 79.3 cm³/mol. The Morgan fingerprint density at radius 1 is 1.21 bits per heavy atom. The molecule has 0 aromatic heterocycles. The van der Waals surface area contributed by atoms with Crippen molar-refractivity contribution >= 4 is 27.3 Å². The highest BCUT2D eigenvalue weighted by Gasteiger charge is 2.06. The van der Waals surface area contributed by atoms with Crippen molar-refractivity contribution in [2.24, 2.45) is 0 Å². The highest BCUT2D eigenvalue weighted by Crippen LogP contribution is 2.26. The van der Waals surface area contributed by atoms with Gasteiger partial charge in [0.1, 0.15) is 6.07 Å². The van der Waals surface area contributed by atoms with E-state index in [-0.39, 0.29) is 0 Å². The Labute approximate surface area is 121 Å². The first-order chi connectivity index (χ1) is 9.24. The molecule has 0 aliphatic carbocycles. The molecule has 0 aliphatic heterocycles. The number of nitrogens with one attached hydrogen (secondary N) is 1. The highest BCUT2D eigenvalue weighted by atomic mass is 79.9. The maximum absolute atomic E-state index is 9.16. The first-order valence-electron chi connectivity index (χ1n) is 5.78. The minimum atomic E-state index is 0.529. The summed E-state index contributed by atoms with van der Waals surface area (Å²) in [6, 6.07) is 15.6. The number of rotatable bonds is 4. The standard InChI is InChI=1S/C15H13BrN2O/c1-19-10-11-4-2-3-5-14(11)18-15-7-6-13(16)8-12(15)9-17/h2-8,18H,10H2,1H3. The van der Waals surface area contributed by atoms with Crippen molar-refractivity contribution in [2.75, 3.05) is 12.4 Å². The van der Waals surface area contributed by atoms with Gasteiger partial charge in [-0.25, -0.2) is 0 Å². The molecule has 2 aromatic rings. The maximum atomic E-state index is 9.16. The molecule has 0 amide bonds. The third kappa shape index (κ3) is 3.34. The van der Waals surface area contributed by atoms with E-state index in [1.54, 1.807) is 13.2 Å². The van der Waals surface area contributed by atoms with Crippen molar-refractivity contribution in [2.45, 2.75) is 6.61 Å². The van der Waals surface area contributed by atoms with Crippen molar-refractivity contribution in [3.8, 4) is 6.07 Å². The number of hydrogen-bond acceptors (Lipinski definition) is 3. The van der Waals surface area contributed by atoms with E-state index in [4.69, 9.17) is 10.00 Å². The minimum Gasteiger partial charge on any atom is -0.380 e. The van der Waals surface area contributed by atoms with E-state index in [0.717, 1.165) is 21.4 Å².